The number of hydrogen-bond acceptors (Lipinski definition) is 10. The van der Waals surface area contributed by atoms with Gasteiger partial charge in [-0.1, -0.05) is 47.4 Å². The average molecular weight is 510 g/mol. The summed E-state index contributed by atoms with van der Waals surface area (Å²) in [5.74, 6) is -1.03. The van der Waals surface area contributed by atoms with E-state index in [2.05, 4.69) is 10.2 Å². The molecule has 9 nitrogen and oxygen atoms in total. The van der Waals surface area contributed by atoms with Crippen molar-refractivity contribution in [2.75, 3.05) is 12.9 Å². The van der Waals surface area contributed by atoms with Crippen LogP contribution in [-0.2, 0) is 14.6 Å². The van der Waals surface area contributed by atoms with Crippen LogP contribution in [0.15, 0.2) is 57.8 Å². The van der Waals surface area contributed by atoms with E-state index in [0.717, 1.165) is 27.9 Å². The first-order valence-corrected chi connectivity index (χ1v) is 13.0. The molecule has 0 fully saturated rings. The molecule has 176 valence electrons. The molecule has 33 heavy (non-hydrogen) atoms. The van der Waals surface area contributed by atoms with Crippen molar-refractivity contribution in [3.05, 3.63) is 53.5 Å². The molecule has 0 radical (unpaired) electrons. The van der Waals surface area contributed by atoms with Gasteiger partial charge < -0.3 is 20.7 Å². The van der Waals surface area contributed by atoms with Gasteiger partial charge in [-0.3, -0.25) is 0 Å². The second-order valence-corrected chi connectivity index (χ2v) is 11.9. The Hall–Kier alpha value is -2.51. The van der Waals surface area contributed by atoms with Crippen LogP contribution < -0.4 is 10.5 Å². The van der Waals surface area contributed by atoms with Gasteiger partial charge in [0.2, 0.25) is 14.7 Å². The third-order valence-electron chi connectivity index (χ3n) is 4.88. The van der Waals surface area contributed by atoms with E-state index in [9.17, 15) is 23.4 Å². The Morgan fingerprint density at radius 2 is 1.73 bits per heavy atom. The summed E-state index contributed by atoms with van der Waals surface area (Å²) in [6.45, 7) is 1.78. The van der Waals surface area contributed by atoms with Crippen molar-refractivity contribution < 1.29 is 28.2 Å². The molecule has 0 aliphatic heterocycles. The lowest BCUT2D eigenvalue weighted by Gasteiger charge is -2.27. The number of hydrogen-bond donors (Lipinski definition) is 3. The second kappa shape index (κ2) is 10.2. The van der Waals surface area contributed by atoms with Crippen LogP contribution in [0, 0.1) is 6.92 Å². The van der Waals surface area contributed by atoms with Gasteiger partial charge in [-0.2, -0.15) is 0 Å². The number of carbonyl (C=O) groups is 1. The maximum atomic E-state index is 13.2. The number of ether oxygens (including phenoxy) is 1. The van der Waals surface area contributed by atoms with Gasteiger partial charge >= 0.3 is 5.97 Å². The SMILES string of the molecule is COc1ccc(-c2ccc(S(=O)(=O)C(N)(CC(O)CSc3nnc(C)s3)C(=O)O)cc2)cc1. The van der Waals surface area contributed by atoms with Crippen LogP contribution in [0.4, 0.5) is 0 Å². The van der Waals surface area contributed by atoms with Gasteiger partial charge in [0.1, 0.15) is 10.8 Å². The third-order valence-corrected chi connectivity index (χ3v) is 9.19. The number of aryl methyl sites for hydroxylation is 1. The number of sulfone groups is 1. The highest BCUT2D eigenvalue weighted by molar-refractivity contribution is 8.01. The van der Waals surface area contributed by atoms with Crippen molar-refractivity contribution in [3.63, 3.8) is 0 Å². The Kier molecular flexibility index (Phi) is 7.75. The van der Waals surface area contributed by atoms with Crippen LogP contribution in [-0.4, -0.2) is 58.6 Å². The van der Waals surface area contributed by atoms with Crippen LogP contribution in [0.1, 0.15) is 11.4 Å². The van der Waals surface area contributed by atoms with E-state index in [0.29, 0.717) is 10.1 Å². The number of aliphatic carboxylic acids is 1. The number of benzene rings is 2. The largest absolute Gasteiger partial charge is 0.497 e. The second-order valence-electron chi connectivity index (χ2n) is 7.21. The predicted molar refractivity (Wildman–Crippen MR) is 126 cm³/mol. The summed E-state index contributed by atoms with van der Waals surface area (Å²) in [4.78, 5) is 9.00. The van der Waals surface area contributed by atoms with E-state index in [1.807, 2.05) is 12.1 Å². The van der Waals surface area contributed by atoms with E-state index >= 15 is 0 Å². The van der Waals surface area contributed by atoms with Crippen LogP contribution >= 0.6 is 23.1 Å². The molecule has 0 aliphatic rings. The Balaban J connectivity index is 1.79. The summed E-state index contributed by atoms with van der Waals surface area (Å²) < 4.78 is 32.1. The first-order valence-electron chi connectivity index (χ1n) is 9.69. The van der Waals surface area contributed by atoms with Gasteiger partial charge in [0, 0.05) is 12.2 Å². The van der Waals surface area contributed by atoms with Gasteiger partial charge in [-0.15, -0.1) is 10.2 Å². The number of aromatic nitrogens is 2. The summed E-state index contributed by atoms with van der Waals surface area (Å²) in [5.41, 5.74) is 7.47. The normalized spacial score (nSPS) is 14.4. The van der Waals surface area contributed by atoms with Crippen molar-refractivity contribution in [2.45, 2.75) is 33.6 Å². The summed E-state index contributed by atoms with van der Waals surface area (Å²) in [6.07, 6.45) is -1.98. The summed E-state index contributed by atoms with van der Waals surface area (Å²) >= 11 is 2.47. The van der Waals surface area contributed by atoms with E-state index in [4.69, 9.17) is 10.5 Å². The van der Waals surface area contributed by atoms with E-state index in [1.54, 1.807) is 38.3 Å². The fourth-order valence-electron chi connectivity index (χ4n) is 3.05. The minimum absolute atomic E-state index is 0.0206. The summed E-state index contributed by atoms with van der Waals surface area (Å²) in [5, 5.41) is 28.6. The lowest BCUT2D eigenvalue weighted by molar-refractivity contribution is -0.140. The molecule has 0 saturated heterocycles. The molecule has 0 bridgehead atoms. The molecular formula is C21H23N3O6S3. The number of aliphatic hydroxyl groups is 1. The monoisotopic (exact) mass is 509 g/mol. The topological polar surface area (TPSA) is 153 Å². The van der Waals surface area contributed by atoms with Gasteiger partial charge in [-0.25, -0.2) is 13.2 Å². The molecule has 0 saturated carbocycles. The fourth-order valence-corrected chi connectivity index (χ4v) is 6.37. The molecule has 1 heterocycles. The van der Waals surface area contributed by atoms with Gasteiger partial charge in [0.15, 0.2) is 4.34 Å². The number of rotatable bonds is 10. The maximum Gasteiger partial charge on any atom is 0.340 e. The first kappa shape index (κ1) is 25.1. The van der Waals surface area contributed by atoms with Crippen molar-refractivity contribution in [1.82, 2.24) is 10.2 Å². The Morgan fingerprint density at radius 3 is 2.21 bits per heavy atom. The number of aliphatic hydroxyl groups excluding tert-OH is 1. The number of nitrogens with zero attached hydrogens (tertiary/aromatic N) is 2. The summed E-state index contributed by atoms with van der Waals surface area (Å²) in [7, 11) is -2.96. The van der Waals surface area contributed by atoms with Crippen LogP contribution in [0.3, 0.4) is 0 Å². The third kappa shape index (κ3) is 5.53. The zero-order chi connectivity index (χ0) is 24.2. The molecule has 3 aromatic rings. The number of carboxylic acid groups (broad SMARTS) is 1. The lowest BCUT2D eigenvalue weighted by atomic mass is 10.1. The highest BCUT2D eigenvalue weighted by Gasteiger charge is 2.49. The molecular weight excluding hydrogens is 486 g/mol. The number of methoxy groups -OCH3 is 1. The first-order chi connectivity index (χ1) is 15.6. The van der Waals surface area contributed by atoms with Crippen molar-refractivity contribution in [2.24, 2.45) is 5.73 Å². The van der Waals surface area contributed by atoms with Crippen molar-refractivity contribution >= 4 is 38.9 Å². The van der Waals surface area contributed by atoms with E-state index < -0.39 is 33.2 Å². The van der Waals surface area contributed by atoms with E-state index in [-0.39, 0.29) is 10.6 Å². The molecule has 0 aliphatic carbocycles. The van der Waals surface area contributed by atoms with Crippen LogP contribution in [0.5, 0.6) is 5.75 Å². The number of carboxylic acids is 1. The molecule has 0 amide bonds. The van der Waals surface area contributed by atoms with Gasteiger partial charge in [-0.05, 0) is 42.3 Å². The standard InChI is InChI=1S/C21H23N3O6S3/c1-13-23-24-20(32-13)31-12-16(25)11-21(22,19(26)27)33(28,29)18-9-5-15(6-10-18)14-3-7-17(30-2)8-4-14/h3-10,16,25H,11-12,22H2,1-2H3,(H,26,27). The van der Waals surface area contributed by atoms with Crippen molar-refractivity contribution in [1.29, 1.82) is 0 Å². The highest BCUT2D eigenvalue weighted by atomic mass is 32.2. The quantitative estimate of drug-likeness (QED) is 0.348. The van der Waals surface area contributed by atoms with Crippen LogP contribution in [0.2, 0.25) is 0 Å². The Labute approximate surface area is 199 Å². The molecule has 2 atom stereocenters. The minimum atomic E-state index is -4.52. The lowest BCUT2D eigenvalue weighted by Crippen LogP contribution is -2.56. The van der Waals surface area contributed by atoms with Crippen molar-refractivity contribution in [3.8, 4) is 16.9 Å². The summed E-state index contributed by atoms with van der Waals surface area (Å²) in [6, 6.07) is 13.0. The van der Waals surface area contributed by atoms with Crippen LogP contribution in [0.25, 0.3) is 11.1 Å². The molecule has 3 rings (SSSR count). The Morgan fingerprint density at radius 1 is 1.15 bits per heavy atom. The zero-order valence-corrected chi connectivity index (χ0v) is 20.3. The van der Waals surface area contributed by atoms with Gasteiger partial charge in [0.25, 0.3) is 0 Å². The zero-order valence-electron chi connectivity index (χ0n) is 17.8. The molecule has 12 heteroatoms. The minimum Gasteiger partial charge on any atom is -0.497 e. The molecule has 0 spiro atoms. The van der Waals surface area contributed by atoms with E-state index in [1.165, 1.54) is 23.5 Å². The molecule has 4 N–H and O–H groups in total. The molecule has 1 aromatic heterocycles. The smallest absolute Gasteiger partial charge is 0.340 e. The number of thioether (sulfide) groups is 1. The van der Waals surface area contributed by atoms with Gasteiger partial charge in [0.05, 0.1) is 18.1 Å². The molecule has 2 aromatic carbocycles. The fraction of sp³-hybridized carbons (Fsp3) is 0.286. The predicted octanol–water partition coefficient (Wildman–Crippen LogP) is 2.58. The molecule has 2 unspecified atom stereocenters. The Bertz CT molecular complexity index is 1210. The average Bonchev–Trinajstić information content (AvgIpc) is 3.22. The highest BCUT2D eigenvalue weighted by Crippen LogP contribution is 2.31. The maximum absolute atomic E-state index is 13.2. The number of nitrogens with two attached hydrogens (primary N) is 1.